The van der Waals surface area contributed by atoms with Crippen molar-refractivity contribution in [1.29, 1.82) is 0 Å². The number of benzene rings is 2. The van der Waals surface area contributed by atoms with Gasteiger partial charge < -0.3 is 14.8 Å². The predicted molar refractivity (Wildman–Crippen MR) is 120 cm³/mol. The fraction of sp³-hybridized carbons (Fsp3) is 0.385. The molecule has 1 saturated heterocycles. The van der Waals surface area contributed by atoms with Crippen molar-refractivity contribution in [3.63, 3.8) is 0 Å². The molecule has 0 bridgehead atoms. The molecule has 2 fully saturated rings. The second-order valence-electron chi connectivity index (χ2n) is 9.30. The molecule has 2 amide bonds. The molecule has 31 heavy (non-hydrogen) atoms. The third kappa shape index (κ3) is 2.83. The maximum absolute atomic E-state index is 13.7. The summed E-state index contributed by atoms with van der Waals surface area (Å²) in [5.41, 5.74) is 5.52. The molecule has 0 spiro atoms. The number of H-pyrrole nitrogens is 1. The van der Waals surface area contributed by atoms with Gasteiger partial charge in [0, 0.05) is 29.1 Å². The largest absolute Gasteiger partial charge is 0.356 e. The number of aromatic nitrogens is 1. The average Bonchev–Trinajstić information content (AvgIpc) is 3.43. The predicted octanol–water partition coefficient (Wildman–Crippen LogP) is 4.10. The second kappa shape index (κ2) is 6.98. The van der Waals surface area contributed by atoms with E-state index in [1.807, 2.05) is 28.0 Å². The van der Waals surface area contributed by atoms with Gasteiger partial charge in [-0.25, -0.2) is 0 Å². The van der Waals surface area contributed by atoms with Crippen LogP contribution >= 0.6 is 0 Å². The molecule has 2 aromatic carbocycles. The van der Waals surface area contributed by atoms with Crippen LogP contribution in [0, 0.1) is 6.92 Å². The van der Waals surface area contributed by atoms with Gasteiger partial charge in [0.2, 0.25) is 11.8 Å². The van der Waals surface area contributed by atoms with Crippen molar-refractivity contribution in [2.75, 3.05) is 6.54 Å². The SMILES string of the molecule is Cc1cccc([C@@H]2c3[nH]c4ccccc4c3C[C@H]3C(=O)N(C4CCCC4)CC(=O)N23)c1. The summed E-state index contributed by atoms with van der Waals surface area (Å²) in [6, 6.07) is 16.1. The Bertz CT molecular complexity index is 1190. The monoisotopic (exact) mass is 413 g/mol. The topological polar surface area (TPSA) is 56.4 Å². The van der Waals surface area contributed by atoms with Crippen LogP contribution in [0.2, 0.25) is 0 Å². The van der Waals surface area contributed by atoms with E-state index in [0.717, 1.165) is 53.4 Å². The van der Waals surface area contributed by atoms with Crippen LogP contribution < -0.4 is 0 Å². The number of aryl methyl sites for hydroxylation is 1. The van der Waals surface area contributed by atoms with Crippen LogP contribution in [0.4, 0.5) is 0 Å². The third-order valence-electron chi connectivity index (χ3n) is 7.42. The molecule has 5 nitrogen and oxygen atoms in total. The molecule has 158 valence electrons. The van der Waals surface area contributed by atoms with Gasteiger partial charge in [0.15, 0.2) is 0 Å². The Hall–Kier alpha value is -3.08. The summed E-state index contributed by atoms with van der Waals surface area (Å²) in [4.78, 5) is 34.6. The van der Waals surface area contributed by atoms with E-state index in [1.54, 1.807) is 0 Å². The summed E-state index contributed by atoms with van der Waals surface area (Å²) < 4.78 is 0. The number of hydrogen-bond acceptors (Lipinski definition) is 2. The summed E-state index contributed by atoms with van der Waals surface area (Å²) in [6.07, 6.45) is 4.91. The number of nitrogens with one attached hydrogen (secondary N) is 1. The zero-order chi connectivity index (χ0) is 21.1. The van der Waals surface area contributed by atoms with Crippen LogP contribution in [-0.2, 0) is 16.0 Å². The van der Waals surface area contributed by atoms with Crippen LogP contribution in [-0.4, -0.2) is 45.2 Å². The molecule has 1 aromatic heterocycles. The normalized spacial score (nSPS) is 24.0. The summed E-state index contributed by atoms with van der Waals surface area (Å²) in [5.74, 6) is 0.187. The highest BCUT2D eigenvalue weighted by molar-refractivity contribution is 5.97. The Balaban J connectivity index is 1.52. The molecule has 1 N–H and O–H groups in total. The van der Waals surface area contributed by atoms with Gasteiger partial charge >= 0.3 is 0 Å². The lowest BCUT2D eigenvalue weighted by Gasteiger charge is -2.48. The molecule has 0 radical (unpaired) electrons. The smallest absolute Gasteiger partial charge is 0.246 e. The van der Waals surface area contributed by atoms with Crippen molar-refractivity contribution in [1.82, 2.24) is 14.8 Å². The highest BCUT2D eigenvalue weighted by Gasteiger charge is 2.49. The molecule has 3 aliphatic rings. The number of para-hydroxylation sites is 1. The number of rotatable bonds is 2. The fourth-order valence-corrected chi connectivity index (χ4v) is 6.00. The van der Waals surface area contributed by atoms with Crippen molar-refractivity contribution in [3.05, 3.63) is 70.9 Å². The van der Waals surface area contributed by atoms with Gasteiger partial charge in [0.25, 0.3) is 0 Å². The number of nitrogens with zero attached hydrogens (tertiary/aromatic N) is 2. The van der Waals surface area contributed by atoms with E-state index in [4.69, 9.17) is 0 Å². The summed E-state index contributed by atoms with van der Waals surface area (Å²) in [6.45, 7) is 2.28. The Labute approximate surface area is 182 Å². The number of fused-ring (bicyclic) bond motifs is 4. The van der Waals surface area contributed by atoms with Gasteiger partial charge in [-0.1, -0.05) is 60.9 Å². The first-order chi connectivity index (χ1) is 15.1. The van der Waals surface area contributed by atoms with Gasteiger partial charge in [-0.15, -0.1) is 0 Å². The van der Waals surface area contributed by atoms with E-state index in [9.17, 15) is 9.59 Å². The molecule has 5 heteroatoms. The lowest BCUT2D eigenvalue weighted by molar-refractivity contribution is -0.160. The number of amides is 2. The highest BCUT2D eigenvalue weighted by Crippen LogP contribution is 2.43. The number of hydrogen-bond donors (Lipinski definition) is 1. The molecule has 1 saturated carbocycles. The third-order valence-corrected chi connectivity index (χ3v) is 7.42. The Morgan fingerprint density at radius 2 is 1.81 bits per heavy atom. The first-order valence-corrected chi connectivity index (χ1v) is 11.4. The second-order valence-corrected chi connectivity index (χ2v) is 9.30. The van der Waals surface area contributed by atoms with Gasteiger partial charge in [-0.05, 0) is 37.0 Å². The van der Waals surface area contributed by atoms with Crippen LogP contribution in [0.25, 0.3) is 10.9 Å². The molecule has 3 heterocycles. The van der Waals surface area contributed by atoms with E-state index in [0.29, 0.717) is 6.42 Å². The molecule has 6 rings (SSSR count). The van der Waals surface area contributed by atoms with E-state index < -0.39 is 6.04 Å². The lowest BCUT2D eigenvalue weighted by atomic mass is 9.85. The number of aromatic amines is 1. The quantitative estimate of drug-likeness (QED) is 0.688. The Morgan fingerprint density at radius 1 is 1.00 bits per heavy atom. The number of carbonyl (C=O) groups is 2. The van der Waals surface area contributed by atoms with Crippen molar-refractivity contribution in [3.8, 4) is 0 Å². The van der Waals surface area contributed by atoms with Gasteiger partial charge in [0.05, 0.1) is 6.04 Å². The lowest BCUT2D eigenvalue weighted by Crippen LogP contribution is -2.64. The maximum atomic E-state index is 13.7. The fourth-order valence-electron chi connectivity index (χ4n) is 6.00. The van der Waals surface area contributed by atoms with Gasteiger partial charge in [-0.3, -0.25) is 9.59 Å². The zero-order valence-corrected chi connectivity index (χ0v) is 17.8. The van der Waals surface area contributed by atoms with Crippen LogP contribution in [0.15, 0.2) is 48.5 Å². The molecule has 1 aliphatic carbocycles. The minimum Gasteiger partial charge on any atom is -0.356 e. The van der Waals surface area contributed by atoms with Crippen LogP contribution in [0.1, 0.15) is 54.1 Å². The minimum atomic E-state index is -0.431. The zero-order valence-electron chi connectivity index (χ0n) is 17.8. The van der Waals surface area contributed by atoms with E-state index >= 15 is 0 Å². The van der Waals surface area contributed by atoms with Gasteiger partial charge in [0.1, 0.15) is 12.6 Å². The first kappa shape index (κ1) is 18.7. The summed E-state index contributed by atoms with van der Waals surface area (Å²) >= 11 is 0. The molecular formula is C26H27N3O2. The standard InChI is InChI=1S/C26H27N3O2/c1-16-7-6-8-17(13-16)25-24-20(19-11-4-5-12-21(19)27-24)14-22-26(31)28(15-23(30)29(22)25)18-9-2-3-10-18/h4-8,11-13,18,22,25,27H,2-3,9-10,14-15H2,1H3/t22-,25+/m0/s1. The summed E-state index contributed by atoms with van der Waals surface area (Å²) in [7, 11) is 0. The average molecular weight is 414 g/mol. The maximum Gasteiger partial charge on any atom is 0.246 e. The van der Waals surface area contributed by atoms with Crippen LogP contribution in [0.5, 0.6) is 0 Å². The molecular weight excluding hydrogens is 386 g/mol. The van der Waals surface area contributed by atoms with Crippen LogP contribution in [0.3, 0.4) is 0 Å². The van der Waals surface area contributed by atoms with Crippen molar-refractivity contribution < 1.29 is 9.59 Å². The van der Waals surface area contributed by atoms with Crippen molar-refractivity contribution in [2.24, 2.45) is 0 Å². The van der Waals surface area contributed by atoms with Gasteiger partial charge in [-0.2, -0.15) is 0 Å². The number of carbonyl (C=O) groups excluding carboxylic acids is 2. The molecule has 2 atom stereocenters. The minimum absolute atomic E-state index is 0.0623. The Morgan fingerprint density at radius 3 is 2.61 bits per heavy atom. The van der Waals surface area contributed by atoms with E-state index in [1.165, 1.54) is 5.56 Å². The molecule has 2 aliphatic heterocycles. The molecule has 3 aromatic rings. The Kier molecular flexibility index (Phi) is 4.20. The van der Waals surface area contributed by atoms with Crippen molar-refractivity contribution >= 4 is 22.7 Å². The van der Waals surface area contributed by atoms with E-state index in [-0.39, 0.29) is 30.4 Å². The van der Waals surface area contributed by atoms with Crippen molar-refractivity contribution in [2.45, 2.75) is 57.2 Å². The molecule has 0 unspecified atom stereocenters. The number of piperazine rings is 1. The summed E-state index contributed by atoms with van der Waals surface area (Å²) in [5, 5.41) is 1.16. The highest BCUT2D eigenvalue weighted by atomic mass is 16.2. The van der Waals surface area contributed by atoms with E-state index in [2.05, 4.69) is 42.2 Å². The first-order valence-electron chi connectivity index (χ1n) is 11.4.